The second-order valence-corrected chi connectivity index (χ2v) is 5.61. The zero-order valence-electron chi connectivity index (χ0n) is 10.8. The van der Waals surface area contributed by atoms with Crippen LogP contribution in [0.3, 0.4) is 0 Å². The second-order valence-electron chi connectivity index (χ2n) is 5.61. The summed E-state index contributed by atoms with van der Waals surface area (Å²) in [7, 11) is 0. The molecule has 0 radical (unpaired) electrons. The molecule has 0 unspecified atom stereocenters. The Labute approximate surface area is 84.7 Å². The van der Waals surface area contributed by atoms with Gasteiger partial charge in [0.1, 0.15) is 0 Å². The van der Waals surface area contributed by atoms with Crippen LogP contribution in [0.15, 0.2) is 0 Å². The lowest BCUT2D eigenvalue weighted by Gasteiger charge is -2.54. The van der Waals surface area contributed by atoms with Crippen molar-refractivity contribution in [3.8, 4) is 0 Å². The van der Waals surface area contributed by atoms with Gasteiger partial charge in [-0.3, -0.25) is 0 Å². The van der Waals surface area contributed by atoms with Gasteiger partial charge in [-0.15, -0.1) is 0 Å². The topological polar surface area (TPSA) is 0 Å². The Morgan fingerprint density at radius 2 is 1.23 bits per heavy atom. The third kappa shape index (κ3) is 2.07. The molecule has 0 amide bonds. The fourth-order valence-electron chi connectivity index (χ4n) is 3.35. The van der Waals surface area contributed by atoms with E-state index in [1.54, 1.807) is 0 Å². The van der Waals surface area contributed by atoms with E-state index in [4.69, 9.17) is 0 Å². The monoisotopic (exact) mass is 186 g/mol. The highest BCUT2D eigenvalue weighted by atomic mass is 15.4. The first kappa shape index (κ1) is 13.0. The third-order valence-electron chi connectivity index (χ3n) is 3.62. The van der Waals surface area contributed by atoms with Crippen molar-refractivity contribution >= 4 is 0 Å². The first-order chi connectivity index (χ1) is 5.70. The van der Waals surface area contributed by atoms with Gasteiger partial charge < -0.3 is 4.48 Å². The van der Waals surface area contributed by atoms with Crippen LogP contribution in [-0.4, -0.2) is 28.7 Å². The highest BCUT2D eigenvalue weighted by Gasteiger charge is 2.43. The Balaban J connectivity index is 5.12. The molecule has 0 heterocycles. The van der Waals surface area contributed by atoms with Gasteiger partial charge in [0.2, 0.25) is 0 Å². The molecular weight excluding hydrogens is 158 g/mol. The van der Waals surface area contributed by atoms with Crippen LogP contribution in [0.5, 0.6) is 0 Å². The maximum absolute atomic E-state index is 2.36. The van der Waals surface area contributed by atoms with Gasteiger partial charge in [-0.25, -0.2) is 0 Å². The van der Waals surface area contributed by atoms with Crippen LogP contribution in [0.1, 0.15) is 55.4 Å². The van der Waals surface area contributed by atoms with Crippen LogP contribution in [0.25, 0.3) is 0 Å². The molecule has 0 aromatic heterocycles. The molecule has 0 saturated heterocycles. The van der Waals surface area contributed by atoms with E-state index < -0.39 is 0 Å². The van der Waals surface area contributed by atoms with E-state index in [2.05, 4.69) is 55.4 Å². The molecule has 13 heavy (non-hydrogen) atoms. The van der Waals surface area contributed by atoms with Gasteiger partial charge in [0, 0.05) is 0 Å². The molecule has 0 fully saturated rings. The summed E-state index contributed by atoms with van der Waals surface area (Å²) >= 11 is 0. The molecule has 0 aromatic carbocycles. The van der Waals surface area contributed by atoms with E-state index >= 15 is 0 Å². The van der Waals surface area contributed by atoms with Crippen molar-refractivity contribution < 1.29 is 4.48 Å². The summed E-state index contributed by atoms with van der Waals surface area (Å²) in [5, 5.41) is 0. The van der Waals surface area contributed by atoms with Gasteiger partial charge in [-0.2, -0.15) is 0 Å². The molecule has 0 aliphatic carbocycles. The number of nitrogens with zero attached hydrogens (tertiary/aromatic N) is 1. The van der Waals surface area contributed by atoms with Crippen LogP contribution in [0.4, 0.5) is 0 Å². The molecule has 0 bridgehead atoms. The fourth-order valence-corrected chi connectivity index (χ4v) is 3.35. The summed E-state index contributed by atoms with van der Waals surface area (Å²) in [5.74, 6) is 0. The first-order valence-corrected chi connectivity index (χ1v) is 5.57. The Morgan fingerprint density at radius 1 is 0.923 bits per heavy atom. The SMILES string of the molecule is CC[N+](C(C)C)(C(C)C)C(C)(C)C. The summed E-state index contributed by atoms with van der Waals surface area (Å²) in [6.07, 6.45) is 0. The summed E-state index contributed by atoms with van der Waals surface area (Å²) in [6.45, 7) is 20.0. The minimum absolute atomic E-state index is 0.344. The van der Waals surface area contributed by atoms with Crippen molar-refractivity contribution in [2.24, 2.45) is 0 Å². The van der Waals surface area contributed by atoms with Gasteiger partial charge in [-0.1, -0.05) is 0 Å². The number of rotatable bonds is 3. The van der Waals surface area contributed by atoms with Crippen LogP contribution >= 0.6 is 0 Å². The van der Waals surface area contributed by atoms with Crippen molar-refractivity contribution in [2.75, 3.05) is 6.54 Å². The minimum atomic E-state index is 0.344. The normalized spacial score (nSPS) is 14.3. The van der Waals surface area contributed by atoms with Crippen molar-refractivity contribution in [3.63, 3.8) is 0 Å². The van der Waals surface area contributed by atoms with Gasteiger partial charge in [0.25, 0.3) is 0 Å². The Hall–Kier alpha value is -0.0400. The smallest absolute Gasteiger partial charge is 0.0910 e. The molecule has 0 N–H and O–H groups in total. The molecular formula is C12H28N+. The van der Waals surface area contributed by atoms with Crippen molar-refractivity contribution in [3.05, 3.63) is 0 Å². The summed E-state index contributed by atoms with van der Waals surface area (Å²) in [4.78, 5) is 0. The third-order valence-corrected chi connectivity index (χ3v) is 3.62. The predicted molar refractivity (Wildman–Crippen MR) is 60.8 cm³/mol. The molecule has 0 aliphatic heterocycles. The second kappa shape index (κ2) is 4.00. The summed E-state index contributed by atoms with van der Waals surface area (Å²) < 4.78 is 1.20. The van der Waals surface area contributed by atoms with Crippen molar-refractivity contribution in [2.45, 2.75) is 73.0 Å². The number of hydrogen-bond donors (Lipinski definition) is 0. The van der Waals surface area contributed by atoms with Crippen LogP contribution in [0, 0.1) is 0 Å². The molecule has 0 spiro atoms. The number of hydrogen-bond acceptors (Lipinski definition) is 0. The average molecular weight is 186 g/mol. The maximum atomic E-state index is 2.36. The molecule has 0 aliphatic rings. The summed E-state index contributed by atoms with van der Waals surface area (Å²) in [6, 6.07) is 1.40. The van der Waals surface area contributed by atoms with Crippen LogP contribution in [0.2, 0.25) is 0 Å². The van der Waals surface area contributed by atoms with Crippen molar-refractivity contribution in [1.82, 2.24) is 0 Å². The lowest BCUT2D eigenvalue weighted by atomic mass is 9.94. The maximum Gasteiger partial charge on any atom is 0.0910 e. The van der Waals surface area contributed by atoms with E-state index in [0.717, 1.165) is 0 Å². The van der Waals surface area contributed by atoms with Crippen LogP contribution < -0.4 is 0 Å². The van der Waals surface area contributed by atoms with Gasteiger partial charge in [0.15, 0.2) is 0 Å². The summed E-state index contributed by atoms with van der Waals surface area (Å²) in [5.41, 5.74) is 0.344. The largest absolute Gasteiger partial charge is 0.316 e. The lowest BCUT2D eigenvalue weighted by Crippen LogP contribution is -2.67. The van der Waals surface area contributed by atoms with E-state index in [9.17, 15) is 0 Å². The predicted octanol–water partition coefficient (Wildman–Crippen LogP) is 3.44. The van der Waals surface area contributed by atoms with Gasteiger partial charge >= 0.3 is 0 Å². The quantitative estimate of drug-likeness (QED) is 0.592. The van der Waals surface area contributed by atoms with Crippen LogP contribution in [-0.2, 0) is 0 Å². The highest BCUT2D eigenvalue weighted by Crippen LogP contribution is 2.31. The highest BCUT2D eigenvalue weighted by molar-refractivity contribution is 4.68. The molecule has 0 atom stereocenters. The minimum Gasteiger partial charge on any atom is -0.316 e. The first-order valence-electron chi connectivity index (χ1n) is 5.57. The zero-order chi connectivity index (χ0) is 10.9. The Bertz CT molecular complexity index is 143. The van der Waals surface area contributed by atoms with Crippen molar-refractivity contribution in [1.29, 1.82) is 0 Å². The molecule has 80 valence electrons. The Kier molecular flexibility index (Phi) is 3.98. The van der Waals surface area contributed by atoms with Gasteiger partial charge in [0.05, 0.1) is 24.2 Å². The van der Waals surface area contributed by atoms with E-state index in [1.165, 1.54) is 11.0 Å². The van der Waals surface area contributed by atoms with E-state index in [1.807, 2.05) is 0 Å². The molecule has 0 aromatic rings. The standard InChI is InChI=1S/C12H28N/c1-9-13(10(2)3,11(4)5)12(6,7)8/h10-11H,9H2,1-8H3/q+1. The lowest BCUT2D eigenvalue weighted by molar-refractivity contribution is -1.00. The molecule has 0 rings (SSSR count). The fraction of sp³-hybridized carbons (Fsp3) is 1.00. The van der Waals surface area contributed by atoms with E-state index in [-0.39, 0.29) is 0 Å². The van der Waals surface area contributed by atoms with Gasteiger partial charge in [-0.05, 0) is 55.4 Å². The Morgan fingerprint density at radius 3 is 1.23 bits per heavy atom. The zero-order valence-corrected chi connectivity index (χ0v) is 10.8. The molecule has 1 heteroatoms. The number of quaternary nitrogens is 1. The molecule has 1 nitrogen and oxygen atoms in total. The van der Waals surface area contributed by atoms with E-state index in [0.29, 0.717) is 17.6 Å². The average Bonchev–Trinajstić information content (AvgIpc) is 1.83. The molecule has 0 saturated carbocycles.